The normalized spacial score (nSPS) is 23.4. The number of carbonyl (C=O) groups excluding carboxylic acids is 3. The minimum absolute atomic E-state index is 0.172. The maximum Gasteiger partial charge on any atom is 0.262 e. The molecule has 15 heteroatoms. The van der Waals surface area contributed by atoms with Gasteiger partial charge in [-0.2, -0.15) is 5.10 Å². The summed E-state index contributed by atoms with van der Waals surface area (Å²) in [6.45, 7) is 9.54. The lowest BCUT2D eigenvalue weighted by molar-refractivity contribution is -0.125. The number of benzene rings is 3. The number of para-hydroxylation sites is 1. The molecule has 5 aliphatic heterocycles. The van der Waals surface area contributed by atoms with Crippen molar-refractivity contribution >= 4 is 48.1 Å². The average Bonchev–Trinajstić information content (AvgIpc) is 3.68. The number of hydrogen-bond donors (Lipinski definition) is 2. The number of amides is 3. The highest BCUT2D eigenvalue weighted by Crippen LogP contribution is 2.40. The molecule has 0 bridgehead atoms. The number of fused-ring (bicyclic) bond motifs is 2. The maximum absolute atomic E-state index is 13.4. The number of aromatic nitrogens is 4. The summed E-state index contributed by atoms with van der Waals surface area (Å²) in [4.78, 5) is 56.8. The fraction of sp³-hybridized carbons (Fsp3) is 0.333. The monoisotopic (exact) mass is 762 g/mol. The molecule has 2 aromatic heterocycles. The zero-order chi connectivity index (χ0) is 38.9. The Hall–Kier alpha value is -6.06. The number of carbonyl (C=O) groups is 3. The van der Waals surface area contributed by atoms with E-state index >= 15 is 0 Å². The van der Waals surface area contributed by atoms with E-state index in [9.17, 15) is 14.4 Å². The highest BCUT2D eigenvalue weighted by Gasteiger charge is 2.46. The summed E-state index contributed by atoms with van der Waals surface area (Å²) in [6, 6.07) is 23.4. The molecule has 0 aliphatic carbocycles. The van der Waals surface area contributed by atoms with Gasteiger partial charge in [0.1, 0.15) is 43.2 Å². The van der Waals surface area contributed by atoms with Gasteiger partial charge in [-0.3, -0.25) is 29.1 Å². The van der Waals surface area contributed by atoms with Crippen molar-refractivity contribution in [2.24, 2.45) is 0 Å². The largest absolute Gasteiger partial charge is 0.457 e. The van der Waals surface area contributed by atoms with Crippen LogP contribution < -0.4 is 20.7 Å². The molecule has 14 nitrogen and oxygen atoms in total. The van der Waals surface area contributed by atoms with Crippen LogP contribution in [-0.4, -0.2) is 117 Å². The number of ether oxygens (including phenoxy) is 1. The van der Waals surface area contributed by atoms with Gasteiger partial charge >= 0.3 is 0 Å². The first-order valence-electron chi connectivity index (χ1n) is 19.8. The predicted octanol–water partition coefficient (Wildman–Crippen LogP) is 3.50. The molecule has 3 aromatic carbocycles. The standard InChI is InChI=1S/C42H43BN10O4/c1-24-7-14-35(40(54)47-24)52-41(55)31-13-10-26(17-32(31)42(52)56)50-20-28(21-50)51-18-27(19-51)49-16-15-34(33(43)22-49)53-39-36(38(44)45-23-46-39)37(48-53)25-8-11-30(12-9-25)57-29-5-3-2-4-6-29/h2-6,8-13,17,23,27-28,33-35H,1,7,14-16,18-22,43H2,(H,47,54)(H2,44,45,46). The summed E-state index contributed by atoms with van der Waals surface area (Å²) in [5, 5.41) is 8.63. The van der Waals surface area contributed by atoms with Crippen LogP contribution in [-0.2, 0) is 4.79 Å². The number of allylic oxidation sites excluding steroid dienone is 1. The van der Waals surface area contributed by atoms with Crippen LogP contribution in [0.25, 0.3) is 22.3 Å². The van der Waals surface area contributed by atoms with Gasteiger partial charge in [0.25, 0.3) is 11.8 Å². The molecule has 3 atom stereocenters. The van der Waals surface area contributed by atoms with Crippen molar-refractivity contribution in [2.75, 3.05) is 49.9 Å². The van der Waals surface area contributed by atoms with Crippen LogP contribution in [0.5, 0.6) is 11.5 Å². The van der Waals surface area contributed by atoms with Crippen molar-refractivity contribution in [2.45, 2.75) is 49.2 Å². The summed E-state index contributed by atoms with van der Waals surface area (Å²) >= 11 is 0. The van der Waals surface area contributed by atoms with Crippen molar-refractivity contribution < 1.29 is 19.1 Å². The Kier molecular flexibility index (Phi) is 8.59. The molecule has 288 valence electrons. The molecule has 3 N–H and O–H groups in total. The Morgan fingerprint density at radius 1 is 0.825 bits per heavy atom. The highest BCUT2D eigenvalue weighted by atomic mass is 16.5. The molecule has 5 aromatic rings. The molecule has 3 unspecified atom stereocenters. The van der Waals surface area contributed by atoms with Gasteiger partial charge in [-0.15, -0.1) is 0 Å². The van der Waals surface area contributed by atoms with Gasteiger partial charge in [0.2, 0.25) is 5.91 Å². The number of nitrogens with two attached hydrogens (primary N) is 1. The third kappa shape index (κ3) is 6.12. The third-order valence-corrected chi connectivity index (χ3v) is 12.5. The van der Waals surface area contributed by atoms with Gasteiger partial charge < -0.3 is 20.7 Å². The van der Waals surface area contributed by atoms with Crippen LogP contribution in [0.1, 0.15) is 46.0 Å². The van der Waals surface area contributed by atoms with E-state index in [4.69, 9.17) is 15.6 Å². The second-order valence-corrected chi connectivity index (χ2v) is 16.0. The number of imide groups is 1. The molecule has 7 heterocycles. The van der Waals surface area contributed by atoms with Gasteiger partial charge in [0.15, 0.2) is 5.65 Å². The summed E-state index contributed by atoms with van der Waals surface area (Å²) in [6.07, 6.45) is 3.41. The number of rotatable bonds is 8. The molecule has 4 saturated heterocycles. The van der Waals surface area contributed by atoms with Gasteiger partial charge in [-0.1, -0.05) is 24.8 Å². The first-order valence-corrected chi connectivity index (χ1v) is 19.8. The molecular weight excluding hydrogens is 719 g/mol. The Balaban J connectivity index is 0.753. The first kappa shape index (κ1) is 35.4. The molecule has 0 radical (unpaired) electrons. The number of likely N-dealkylation sites (tertiary alicyclic amines) is 2. The predicted molar refractivity (Wildman–Crippen MR) is 218 cm³/mol. The number of hydrogen-bond acceptors (Lipinski definition) is 11. The SMILES string of the molecule is BC1CN(C2CN(C3CN(c4ccc5c(c4)C(=O)N(C4CCC(=C)NC4=O)C5=O)C3)C2)CCC1n1nc(-c2ccc(Oc3ccccc3)cc2)c2c(N)ncnc21. The Bertz CT molecular complexity index is 2430. The van der Waals surface area contributed by atoms with Crippen molar-refractivity contribution in [3.63, 3.8) is 0 Å². The molecule has 10 rings (SSSR count). The number of anilines is 2. The molecule has 4 fully saturated rings. The fourth-order valence-corrected chi connectivity index (χ4v) is 9.24. The molecule has 57 heavy (non-hydrogen) atoms. The Morgan fingerprint density at radius 2 is 1.56 bits per heavy atom. The fourth-order valence-electron chi connectivity index (χ4n) is 9.24. The Morgan fingerprint density at radius 3 is 2.32 bits per heavy atom. The lowest BCUT2D eigenvalue weighted by Crippen LogP contribution is -2.70. The molecule has 0 saturated carbocycles. The number of nitrogen functional groups attached to an aromatic ring is 1. The lowest BCUT2D eigenvalue weighted by atomic mass is 9.76. The number of nitrogens with zero attached hydrogens (tertiary/aromatic N) is 8. The van der Waals surface area contributed by atoms with Crippen molar-refractivity contribution in [1.82, 2.24) is 39.8 Å². The van der Waals surface area contributed by atoms with E-state index in [1.54, 1.807) is 6.07 Å². The van der Waals surface area contributed by atoms with E-state index in [-0.39, 0.29) is 11.9 Å². The third-order valence-electron chi connectivity index (χ3n) is 12.5. The van der Waals surface area contributed by atoms with Gasteiger partial charge in [0.05, 0.1) is 22.6 Å². The van der Waals surface area contributed by atoms with E-state index < -0.39 is 17.9 Å². The zero-order valence-electron chi connectivity index (χ0n) is 31.8. The van der Waals surface area contributed by atoms with Gasteiger partial charge in [0, 0.05) is 61.8 Å². The van der Waals surface area contributed by atoms with Gasteiger partial charge in [-0.05, 0) is 86.2 Å². The van der Waals surface area contributed by atoms with E-state index in [0.29, 0.717) is 53.4 Å². The van der Waals surface area contributed by atoms with E-state index in [1.165, 1.54) is 6.33 Å². The smallest absolute Gasteiger partial charge is 0.262 e. The second-order valence-electron chi connectivity index (χ2n) is 16.0. The second kappa shape index (κ2) is 13.9. The average molecular weight is 763 g/mol. The number of piperidine rings is 2. The highest BCUT2D eigenvalue weighted by molar-refractivity contribution is 6.23. The zero-order valence-corrected chi connectivity index (χ0v) is 31.8. The number of nitrogens with one attached hydrogen (secondary N) is 1. The first-order chi connectivity index (χ1) is 27.7. The van der Waals surface area contributed by atoms with Crippen LogP contribution >= 0.6 is 0 Å². The van der Waals surface area contributed by atoms with Crippen LogP contribution in [0.2, 0.25) is 5.82 Å². The van der Waals surface area contributed by atoms with E-state index in [1.807, 2.05) is 66.7 Å². The van der Waals surface area contributed by atoms with Crippen LogP contribution in [0.15, 0.2) is 91.4 Å². The maximum atomic E-state index is 13.4. The van der Waals surface area contributed by atoms with Crippen molar-refractivity contribution in [1.29, 1.82) is 0 Å². The minimum Gasteiger partial charge on any atom is -0.457 e. The quantitative estimate of drug-likeness (QED) is 0.176. The van der Waals surface area contributed by atoms with Crippen LogP contribution in [0.3, 0.4) is 0 Å². The molecule has 5 aliphatic rings. The summed E-state index contributed by atoms with van der Waals surface area (Å²) in [7, 11) is 2.31. The topological polar surface area (TPSA) is 155 Å². The van der Waals surface area contributed by atoms with E-state index in [0.717, 1.165) is 90.1 Å². The van der Waals surface area contributed by atoms with E-state index in [2.05, 4.69) is 49.1 Å². The molecule has 0 spiro atoms. The van der Waals surface area contributed by atoms with Crippen LogP contribution in [0.4, 0.5) is 11.5 Å². The summed E-state index contributed by atoms with van der Waals surface area (Å²) < 4.78 is 8.10. The minimum atomic E-state index is -0.809. The Labute approximate surface area is 330 Å². The summed E-state index contributed by atoms with van der Waals surface area (Å²) in [5.41, 5.74) is 11.2. The van der Waals surface area contributed by atoms with Crippen molar-refractivity contribution in [3.05, 3.63) is 103 Å². The lowest BCUT2D eigenvalue weighted by Gasteiger charge is -2.56. The van der Waals surface area contributed by atoms with Crippen molar-refractivity contribution in [3.8, 4) is 22.8 Å². The van der Waals surface area contributed by atoms with Gasteiger partial charge in [-0.25, -0.2) is 14.6 Å². The molecule has 3 amide bonds. The summed E-state index contributed by atoms with van der Waals surface area (Å²) in [5.74, 6) is 1.13. The van der Waals surface area contributed by atoms with Crippen LogP contribution in [0, 0.1) is 0 Å². The molecular formula is C42H43BN10O4.